The van der Waals surface area contributed by atoms with Crippen LogP contribution in [0.25, 0.3) is 27.8 Å². The highest BCUT2D eigenvalue weighted by Crippen LogP contribution is 2.31. The van der Waals surface area contributed by atoms with Crippen molar-refractivity contribution < 1.29 is 17.2 Å². The van der Waals surface area contributed by atoms with Gasteiger partial charge < -0.3 is 11.1 Å². The molecule has 37 heavy (non-hydrogen) atoms. The van der Waals surface area contributed by atoms with Crippen LogP contribution >= 0.6 is 0 Å². The molecule has 5 rings (SSSR count). The Kier molecular flexibility index (Phi) is 5.33. The van der Waals surface area contributed by atoms with Gasteiger partial charge in [-0.2, -0.15) is 15.1 Å². The second-order valence-corrected chi connectivity index (χ2v) is 11.5. The minimum absolute atomic E-state index is 0.0890. The van der Waals surface area contributed by atoms with Crippen LogP contribution in [-0.4, -0.2) is 44.0 Å². The Bertz CT molecular complexity index is 1880. The van der Waals surface area contributed by atoms with E-state index in [-0.39, 0.29) is 39.0 Å². The lowest BCUT2D eigenvalue weighted by molar-refractivity contribution is 0.392. The minimum Gasteiger partial charge on any atom is -0.382 e. The van der Waals surface area contributed by atoms with Crippen molar-refractivity contribution in [2.75, 3.05) is 17.3 Å². The minimum atomic E-state index is -3.61. The van der Waals surface area contributed by atoms with E-state index in [9.17, 15) is 22.0 Å². The lowest BCUT2D eigenvalue weighted by Gasteiger charge is -2.20. The smallest absolute Gasteiger partial charge is 0.335 e. The average Bonchev–Trinajstić information content (AvgIpc) is 3.38. The van der Waals surface area contributed by atoms with Crippen molar-refractivity contribution in [3.8, 4) is 5.69 Å². The Morgan fingerprint density at radius 3 is 2.46 bits per heavy atom. The summed E-state index contributed by atoms with van der Waals surface area (Å²) in [6.07, 6.45) is 2.37. The van der Waals surface area contributed by atoms with Gasteiger partial charge in [0.1, 0.15) is 22.7 Å². The quantitative estimate of drug-likeness (QED) is 0.321. The predicted molar refractivity (Wildman–Crippen MR) is 135 cm³/mol. The number of imidazole rings is 1. The number of benzene rings is 2. The second kappa shape index (κ2) is 8.09. The first-order chi connectivity index (χ1) is 17.3. The fraction of sp³-hybridized carbons (Fsp3) is 0.217. The van der Waals surface area contributed by atoms with E-state index < -0.39 is 32.7 Å². The number of halogens is 2. The van der Waals surface area contributed by atoms with E-state index in [0.29, 0.717) is 11.1 Å². The average molecular weight is 529 g/mol. The zero-order valence-electron chi connectivity index (χ0n) is 20.2. The van der Waals surface area contributed by atoms with Crippen molar-refractivity contribution in [3.63, 3.8) is 0 Å². The summed E-state index contributed by atoms with van der Waals surface area (Å²) in [7, 11) is -3.61. The third kappa shape index (κ3) is 3.98. The Labute approximate surface area is 208 Å². The topological polar surface area (TPSA) is 154 Å². The molecule has 0 saturated carbocycles. The fourth-order valence-corrected chi connectivity index (χ4v) is 4.76. The number of H-pyrrole nitrogens is 1. The molecule has 0 aliphatic carbocycles. The number of anilines is 3. The molecule has 4 N–H and O–H groups in total. The molecule has 0 saturated heterocycles. The number of hydrogen-bond donors (Lipinski definition) is 3. The molecule has 2 aromatic carbocycles. The molecule has 0 spiro atoms. The van der Waals surface area contributed by atoms with Gasteiger partial charge in [-0.15, -0.1) is 0 Å². The van der Waals surface area contributed by atoms with E-state index >= 15 is 0 Å². The normalized spacial score (nSPS) is 12.5. The summed E-state index contributed by atoms with van der Waals surface area (Å²) in [6, 6.07) is 6.01. The number of hydrogen-bond acceptors (Lipinski definition) is 8. The second-order valence-electron chi connectivity index (χ2n) is 9.49. The Morgan fingerprint density at radius 1 is 1.08 bits per heavy atom. The molecule has 0 radical (unpaired) electrons. The van der Waals surface area contributed by atoms with Crippen molar-refractivity contribution in [2.45, 2.75) is 31.2 Å². The summed E-state index contributed by atoms with van der Waals surface area (Å²) in [5, 5.41) is 9.53. The third-order valence-corrected chi connectivity index (χ3v) is 6.89. The van der Waals surface area contributed by atoms with Crippen molar-refractivity contribution >= 4 is 49.4 Å². The molecule has 0 unspecified atom stereocenters. The lowest BCUT2D eigenvalue weighted by atomic mass is 10.1. The fourth-order valence-electron chi connectivity index (χ4n) is 4.13. The van der Waals surface area contributed by atoms with Gasteiger partial charge in [0, 0.05) is 17.2 Å². The van der Waals surface area contributed by atoms with Crippen LogP contribution in [0.5, 0.6) is 0 Å². The zero-order valence-corrected chi connectivity index (χ0v) is 21.0. The van der Waals surface area contributed by atoms with Crippen LogP contribution in [0.2, 0.25) is 0 Å². The zero-order chi connectivity index (χ0) is 26.9. The number of nitrogen functional groups attached to an aromatic ring is 1. The number of sulfone groups is 1. The predicted octanol–water partition coefficient (Wildman–Crippen LogP) is 3.22. The largest absolute Gasteiger partial charge is 0.382 e. The molecule has 0 amide bonds. The number of rotatable bonds is 4. The summed E-state index contributed by atoms with van der Waals surface area (Å²) >= 11 is 0. The van der Waals surface area contributed by atoms with Gasteiger partial charge in [-0.3, -0.25) is 14.2 Å². The van der Waals surface area contributed by atoms with Gasteiger partial charge in [0.15, 0.2) is 21.3 Å². The van der Waals surface area contributed by atoms with E-state index in [4.69, 9.17) is 5.73 Å². The van der Waals surface area contributed by atoms with Gasteiger partial charge in [-0.25, -0.2) is 22.0 Å². The Morgan fingerprint density at radius 2 is 1.81 bits per heavy atom. The molecular formula is C23H22F2N8O3S. The van der Waals surface area contributed by atoms with Crippen LogP contribution in [0.15, 0.2) is 46.2 Å². The molecule has 3 heterocycles. The summed E-state index contributed by atoms with van der Waals surface area (Å²) in [5.74, 6) is -1.59. The van der Waals surface area contributed by atoms with E-state index in [1.165, 1.54) is 39.6 Å². The van der Waals surface area contributed by atoms with Crippen LogP contribution in [0, 0.1) is 11.6 Å². The van der Waals surface area contributed by atoms with Crippen LogP contribution in [0.4, 0.5) is 26.2 Å². The van der Waals surface area contributed by atoms with Crippen molar-refractivity contribution in [1.82, 2.24) is 29.3 Å². The third-order valence-electron chi connectivity index (χ3n) is 5.78. The summed E-state index contributed by atoms with van der Waals surface area (Å²) in [6.45, 7) is 5.39. The maximum atomic E-state index is 14.7. The lowest BCUT2D eigenvalue weighted by Crippen LogP contribution is -2.34. The molecule has 14 heteroatoms. The van der Waals surface area contributed by atoms with Crippen molar-refractivity contribution in [1.29, 1.82) is 0 Å². The van der Waals surface area contributed by atoms with E-state index in [0.717, 1.165) is 12.3 Å². The molecule has 0 aliphatic heterocycles. The molecule has 192 valence electrons. The molecule has 0 aliphatic rings. The first kappa shape index (κ1) is 24.4. The maximum absolute atomic E-state index is 14.7. The first-order valence-corrected chi connectivity index (χ1v) is 12.9. The SMILES string of the molecule is CC(C)(C)n1c(=O)n(-c2ccc(F)c3[nH]ncc23)c2c(N)nc(Nc3ccc(S(C)(=O)=O)cc3F)nc21. The highest BCUT2D eigenvalue weighted by molar-refractivity contribution is 7.90. The van der Waals surface area contributed by atoms with Crippen molar-refractivity contribution in [3.05, 3.63) is 58.6 Å². The van der Waals surface area contributed by atoms with Gasteiger partial charge in [-0.05, 0) is 51.1 Å². The van der Waals surface area contributed by atoms with E-state index in [1.54, 1.807) is 20.8 Å². The van der Waals surface area contributed by atoms with E-state index in [1.807, 2.05) is 0 Å². The highest BCUT2D eigenvalue weighted by atomic mass is 32.2. The molecule has 0 bridgehead atoms. The maximum Gasteiger partial charge on any atom is 0.335 e. The molecule has 11 nitrogen and oxygen atoms in total. The van der Waals surface area contributed by atoms with Gasteiger partial charge in [0.25, 0.3) is 0 Å². The highest BCUT2D eigenvalue weighted by Gasteiger charge is 2.28. The summed E-state index contributed by atoms with van der Waals surface area (Å²) < 4.78 is 55.1. The molecule has 3 aromatic heterocycles. The Balaban J connectivity index is 1.74. The number of nitrogens with one attached hydrogen (secondary N) is 2. The number of aromatic amines is 1. The van der Waals surface area contributed by atoms with Crippen LogP contribution in [0.1, 0.15) is 20.8 Å². The van der Waals surface area contributed by atoms with Gasteiger partial charge >= 0.3 is 5.69 Å². The summed E-state index contributed by atoms with van der Waals surface area (Å²) in [5.41, 5.74) is 5.72. The van der Waals surface area contributed by atoms with Crippen molar-refractivity contribution in [2.24, 2.45) is 0 Å². The number of aromatic nitrogens is 6. The van der Waals surface area contributed by atoms with Crippen LogP contribution in [-0.2, 0) is 15.4 Å². The molecule has 0 atom stereocenters. The molecule has 5 aromatic rings. The number of nitrogens with zero attached hydrogens (tertiary/aromatic N) is 5. The monoisotopic (exact) mass is 528 g/mol. The standard InChI is InChI=1S/C23H22F2N8O3S/c1-23(2,3)33-20-18(32(22(33)34)16-8-6-13(24)17-12(16)10-27-31-17)19(26)29-21(30-20)28-15-7-5-11(9-14(15)25)37(4,35)36/h5-10H,1-4H3,(H,27,31)(H3,26,28,29,30). The van der Waals surface area contributed by atoms with Crippen LogP contribution < -0.4 is 16.7 Å². The Hall–Kier alpha value is -4.33. The number of nitrogens with two attached hydrogens (primary N) is 1. The first-order valence-electron chi connectivity index (χ1n) is 11.0. The summed E-state index contributed by atoms with van der Waals surface area (Å²) in [4.78, 5) is 22.2. The van der Waals surface area contributed by atoms with E-state index in [2.05, 4.69) is 25.5 Å². The number of fused-ring (bicyclic) bond motifs is 2. The van der Waals surface area contributed by atoms with Gasteiger partial charge in [0.2, 0.25) is 5.95 Å². The molecule has 0 fully saturated rings. The van der Waals surface area contributed by atoms with Crippen LogP contribution in [0.3, 0.4) is 0 Å². The van der Waals surface area contributed by atoms with Gasteiger partial charge in [-0.1, -0.05) is 0 Å². The molecular weight excluding hydrogens is 506 g/mol. The van der Waals surface area contributed by atoms with Gasteiger partial charge in [0.05, 0.1) is 22.5 Å².